The van der Waals surface area contributed by atoms with Gasteiger partial charge in [0.15, 0.2) is 0 Å². The van der Waals surface area contributed by atoms with Gasteiger partial charge in [-0.3, -0.25) is 4.68 Å². The number of hydrogen-bond acceptors (Lipinski definition) is 2. The fourth-order valence-corrected chi connectivity index (χ4v) is 3.82. The fourth-order valence-electron chi connectivity index (χ4n) is 3.82. The minimum atomic E-state index is 0.409. The van der Waals surface area contributed by atoms with Gasteiger partial charge in [0.05, 0.1) is 5.69 Å². The molecule has 0 bridgehead atoms. The Kier molecular flexibility index (Phi) is 2.77. The third-order valence-electron chi connectivity index (χ3n) is 5.30. The number of aryl methyl sites for hydroxylation is 1. The summed E-state index contributed by atoms with van der Waals surface area (Å²) in [6.45, 7) is 9.32. The highest BCUT2D eigenvalue weighted by atomic mass is 15.3. The first-order chi connectivity index (χ1) is 8.53. The smallest absolute Gasteiger partial charge is 0.0721 e. The van der Waals surface area contributed by atoms with Crippen LogP contribution in [0.15, 0.2) is 0 Å². The molecule has 1 saturated heterocycles. The Hall–Kier alpha value is -0.830. The molecule has 0 aromatic carbocycles. The lowest BCUT2D eigenvalue weighted by molar-refractivity contribution is 0.126. The molecule has 100 valence electrons. The first kappa shape index (κ1) is 12.2. The molecule has 0 saturated carbocycles. The van der Waals surface area contributed by atoms with Crippen LogP contribution >= 0.6 is 0 Å². The summed E-state index contributed by atoms with van der Waals surface area (Å²) in [5.41, 5.74) is 4.78. The van der Waals surface area contributed by atoms with Gasteiger partial charge < -0.3 is 4.90 Å². The van der Waals surface area contributed by atoms with Crippen molar-refractivity contribution in [1.82, 2.24) is 14.7 Å². The van der Waals surface area contributed by atoms with Crippen molar-refractivity contribution in [2.45, 2.75) is 57.9 Å². The summed E-state index contributed by atoms with van der Waals surface area (Å²) in [7, 11) is 2.09. The number of nitrogens with zero attached hydrogens (tertiary/aromatic N) is 3. The van der Waals surface area contributed by atoms with Crippen LogP contribution in [-0.2, 0) is 18.9 Å². The third kappa shape index (κ3) is 1.63. The van der Waals surface area contributed by atoms with E-state index in [2.05, 4.69) is 37.4 Å². The van der Waals surface area contributed by atoms with Gasteiger partial charge in [-0.25, -0.2) is 0 Å². The van der Waals surface area contributed by atoms with Crippen LogP contribution < -0.4 is 0 Å². The Morgan fingerprint density at radius 2 is 1.83 bits per heavy atom. The van der Waals surface area contributed by atoms with Crippen LogP contribution in [0.25, 0.3) is 0 Å². The van der Waals surface area contributed by atoms with Gasteiger partial charge in [0, 0.05) is 24.2 Å². The molecule has 0 N–H and O–H groups in total. The highest BCUT2D eigenvalue weighted by Gasteiger charge is 2.44. The van der Waals surface area contributed by atoms with Crippen molar-refractivity contribution in [3.8, 4) is 0 Å². The second-order valence-corrected chi connectivity index (χ2v) is 6.45. The lowest BCUT2D eigenvalue weighted by Crippen LogP contribution is -2.44. The second kappa shape index (κ2) is 4.09. The molecule has 0 amide bonds. The predicted octanol–water partition coefficient (Wildman–Crippen LogP) is 2.42. The minimum Gasteiger partial charge on any atom is -0.301 e. The van der Waals surface area contributed by atoms with Crippen LogP contribution in [0.1, 0.15) is 50.1 Å². The summed E-state index contributed by atoms with van der Waals surface area (Å²) >= 11 is 0. The number of piperidine rings is 1. The maximum Gasteiger partial charge on any atom is 0.0721 e. The standard InChI is InChI=1S/C15H25N3/c1-11(2)18-9-7-15(8-10-18)6-5-13-12(3)17(4)16-14(13)15/h11H,5-10H2,1-4H3. The van der Waals surface area contributed by atoms with Crippen LogP contribution in [0.2, 0.25) is 0 Å². The molecule has 3 nitrogen and oxygen atoms in total. The lowest BCUT2D eigenvalue weighted by Gasteiger charge is -2.40. The Morgan fingerprint density at radius 1 is 1.17 bits per heavy atom. The van der Waals surface area contributed by atoms with E-state index in [4.69, 9.17) is 5.10 Å². The largest absolute Gasteiger partial charge is 0.301 e. The topological polar surface area (TPSA) is 21.1 Å². The Labute approximate surface area is 110 Å². The van der Waals surface area contributed by atoms with Crippen LogP contribution in [0.4, 0.5) is 0 Å². The van der Waals surface area contributed by atoms with E-state index in [0.29, 0.717) is 11.5 Å². The molecule has 3 heteroatoms. The molecular formula is C15H25N3. The van der Waals surface area contributed by atoms with E-state index in [9.17, 15) is 0 Å². The normalized spacial score (nSPS) is 22.9. The molecule has 1 spiro atoms. The van der Waals surface area contributed by atoms with E-state index < -0.39 is 0 Å². The van der Waals surface area contributed by atoms with Crippen molar-refractivity contribution in [2.75, 3.05) is 13.1 Å². The molecule has 1 aliphatic carbocycles. The van der Waals surface area contributed by atoms with Crippen molar-refractivity contribution in [1.29, 1.82) is 0 Å². The monoisotopic (exact) mass is 247 g/mol. The fraction of sp³-hybridized carbons (Fsp3) is 0.800. The molecule has 2 heterocycles. The summed E-state index contributed by atoms with van der Waals surface area (Å²) < 4.78 is 2.08. The molecule has 18 heavy (non-hydrogen) atoms. The zero-order chi connectivity index (χ0) is 12.9. The lowest BCUT2D eigenvalue weighted by atomic mass is 9.76. The van der Waals surface area contributed by atoms with Crippen molar-refractivity contribution in [2.24, 2.45) is 7.05 Å². The van der Waals surface area contributed by atoms with Gasteiger partial charge in [0.2, 0.25) is 0 Å². The summed E-state index contributed by atoms with van der Waals surface area (Å²) in [6, 6.07) is 0.689. The number of hydrogen-bond donors (Lipinski definition) is 0. The third-order valence-corrected chi connectivity index (χ3v) is 5.30. The van der Waals surface area contributed by atoms with E-state index in [1.54, 1.807) is 5.56 Å². The molecule has 0 radical (unpaired) electrons. The minimum absolute atomic E-state index is 0.409. The maximum atomic E-state index is 4.84. The van der Waals surface area contributed by atoms with Gasteiger partial charge in [-0.1, -0.05) is 0 Å². The van der Waals surface area contributed by atoms with E-state index in [1.807, 2.05) is 0 Å². The summed E-state index contributed by atoms with van der Waals surface area (Å²) in [5, 5.41) is 4.84. The quantitative estimate of drug-likeness (QED) is 0.760. The molecule has 3 rings (SSSR count). The van der Waals surface area contributed by atoms with Gasteiger partial charge in [0.1, 0.15) is 0 Å². The van der Waals surface area contributed by atoms with Gasteiger partial charge >= 0.3 is 0 Å². The Bertz CT molecular complexity index is 451. The second-order valence-electron chi connectivity index (χ2n) is 6.45. The average molecular weight is 247 g/mol. The number of aromatic nitrogens is 2. The molecule has 0 unspecified atom stereocenters. The van der Waals surface area contributed by atoms with Crippen molar-refractivity contribution in [3.63, 3.8) is 0 Å². The first-order valence-corrected chi connectivity index (χ1v) is 7.30. The number of likely N-dealkylation sites (tertiary alicyclic amines) is 1. The van der Waals surface area contributed by atoms with E-state index >= 15 is 0 Å². The number of fused-ring (bicyclic) bond motifs is 2. The van der Waals surface area contributed by atoms with Crippen LogP contribution in [-0.4, -0.2) is 33.8 Å². The van der Waals surface area contributed by atoms with Crippen LogP contribution in [0.3, 0.4) is 0 Å². The van der Waals surface area contributed by atoms with Crippen molar-refractivity contribution >= 4 is 0 Å². The van der Waals surface area contributed by atoms with Gasteiger partial charge in [-0.15, -0.1) is 0 Å². The summed E-state index contributed by atoms with van der Waals surface area (Å²) in [6.07, 6.45) is 5.18. The molecule has 1 fully saturated rings. The van der Waals surface area contributed by atoms with Gasteiger partial charge in [-0.05, 0) is 65.1 Å². The zero-order valence-electron chi connectivity index (χ0n) is 12.2. The molecular weight excluding hydrogens is 222 g/mol. The van der Waals surface area contributed by atoms with Crippen molar-refractivity contribution in [3.05, 3.63) is 17.0 Å². The SMILES string of the molecule is Cc1c2c(nn1C)C1(CC2)CCN(C(C)C)CC1. The van der Waals surface area contributed by atoms with E-state index in [1.165, 1.54) is 50.2 Å². The molecule has 1 aliphatic heterocycles. The zero-order valence-corrected chi connectivity index (χ0v) is 12.2. The molecule has 0 atom stereocenters. The van der Waals surface area contributed by atoms with Gasteiger partial charge in [0.25, 0.3) is 0 Å². The van der Waals surface area contributed by atoms with Crippen molar-refractivity contribution < 1.29 is 0 Å². The average Bonchev–Trinajstić information content (AvgIpc) is 2.82. The van der Waals surface area contributed by atoms with Gasteiger partial charge in [-0.2, -0.15) is 5.10 Å². The summed E-state index contributed by atoms with van der Waals surface area (Å²) in [5.74, 6) is 0. The predicted molar refractivity (Wildman–Crippen MR) is 73.9 cm³/mol. The summed E-state index contributed by atoms with van der Waals surface area (Å²) in [4.78, 5) is 2.61. The van der Waals surface area contributed by atoms with E-state index in [-0.39, 0.29) is 0 Å². The molecule has 1 aromatic heterocycles. The van der Waals surface area contributed by atoms with Crippen LogP contribution in [0, 0.1) is 6.92 Å². The molecule has 1 aromatic rings. The highest BCUT2D eigenvalue weighted by Crippen LogP contribution is 2.46. The van der Waals surface area contributed by atoms with Crippen LogP contribution in [0.5, 0.6) is 0 Å². The first-order valence-electron chi connectivity index (χ1n) is 7.30. The number of rotatable bonds is 1. The highest BCUT2D eigenvalue weighted by molar-refractivity contribution is 5.37. The molecule has 2 aliphatic rings. The Balaban J connectivity index is 1.86. The van der Waals surface area contributed by atoms with E-state index in [0.717, 1.165) is 0 Å². The Morgan fingerprint density at radius 3 is 2.44 bits per heavy atom. The maximum absolute atomic E-state index is 4.84.